The van der Waals surface area contributed by atoms with Crippen molar-refractivity contribution in [3.63, 3.8) is 0 Å². The summed E-state index contributed by atoms with van der Waals surface area (Å²) >= 11 is 1.45. The van der Waals surface area contributed by atoms with E-state index in [2.05, 4.69) is 15.2 Å². The molecule has 0 spiro atoms. The summed E-state index contributed by atoms with van der Waals surface area (Å²) < 4.78 is 26.4. The number of halogens is 2. The van der Waals surface area contributed by atoms with Crippen LogP contribution in [0.1, 0.15) is 18.5 Å². The number of hydrogen-bond donors (Lipinski definition) is 0. The number of alkyl halides is 2. The molecule has 0 amide bonds. The first-order valence-corrected chi connectivity index (χ1v) is 7.29. The van der Waals surface area contributed by atoms with Crippen LogP contribution >= 0.6 is 11.3 Å². The number of aryl methyl sites for hydroxylation is 1. The van der Waals surface area contributed by atoms with Crippen LogP contribution in [-0.4, -0.2) is 34.2 Å². The second-order valence-electron chi connectivity index (χ2n) is 4.94. The highest BCUT2D eigenvalue weighted by Gasteiger charge is 2.34. The molecule has 0 atom stereocenters. The molecule has 0 radical (unpaired) electrons. The van der Waals surface area contributed by atoms with Crippen LogP contribution in [-0.2, 0) is 0 Å². The molecular formula is C13H14F2N4S. The maximum atomic E-state index is 13.2. The molecule has 1 saturated heterocycles. The predicted molar refractivity (Wildman–Crippen MR) is 74.3 cm³/mol. The zero-order chi connectivity index (χ0) is 14.2. The molecule has 3 heterocycles. The number of hydrogen-bond acceptors (Lipinski definition) is 5. The summed E-state index contributed by atoms with van der Waals surface area (Å²) in [5.74, 6) is -1.80. The highest BCUT2D eigenvalue weighted by molar-refractivity contribution is 7.12. The molecule has 0 bridgehead atoms. The fraction of sp³-hybridized carbons (Fsp3) is 0.462. The average molecular weight is 296 g/mol. The third-order valence-corrected chi connectivity index (χ3v) is 4.11. The third kappa shape index (κ3) is 2.77. The lowest BCUT2D eigenvalue weighted by Gasteiger charge is -2.32. The first-order chi connectivity index (χ1) is 9.53. The summed E-state index contributed by atoms with van der Waals surface area (Å²) in [5.41, 5.74) is 3.46. The van der Waals surface area contributed by atoms with Gasteiger partial charge in [-0.2, -0.15) is 0 Å². The average Bonchev–Trinajstić information content (AvgIpc) is 2.91. The van der Waals surface area contributed by atoms with Crippen molar-refractivity contribution < 1.29 is 8.78 Å². The van der Waals surface area contributed by atoms with Crippen LogP contribution in [0.4, 0.5) is 14.6 Å². The van der Waals surface area contributed by atoms with Crippen LogP contribution in [0, 0.1) is 6.92 Å². The summed E-state index contributed by atoms with van der Waals surface area (Å²) in [7, 11) is 0. The smallest absolute Gasteiger partial charge is 0.251 e. The summed E-state index contributed by atoms with van der Waals surface area (Å²) in [4.78, 5) is 6.36. The van der Waals surface area contributed by atoms with E-state index in [1.165, 1.54) is 11.3 Å². The Balaban J connectivity index is 1.87. The van der Waals surface area contributed by atoms with Gasteiger partial charge >= 0.3 is 0 Å². The Morgan fingerprint density at radius 1 is 1.25 bits per heavy atom. The molecule has 3 rings (SSSR count). The minimum Gasteiger partial charge on any atom is -0.356 e. The fourth-order valence-electron chi connectivity index (χ4n) is 2.30. The van der Waals surface area contributed by atoms with Gasteiger partial charge in [0.25, 0.3) is 5.92 Å². The Labute approximate surface area is 119 Å². The monoisotopic (exact) mass is 296 g/mol. The molecule has 7 heteroatoms. The van der Waals surface area contributed by atoms with Crippen molar-refractivity contribution in [3.05, 3.63) is 23.3 Å². The first kappa shape index (κ1) is 13.4. The fourth-order valence-corrected chi connectivity index (χ4v) is 2.84. The van der Waals surface area contributed by atoms with E-state index in [9.17, 15) is 8.78 Å². The van der Waals surface area contributed by atoms with Gasteiger partial charge in [0.2, 0.25) is 0 Å². The molecular weight excluding hydrogens is 282 g/mol. The number of anilines is 1. The molecule has 0 saturated carbocycles. The number of nitrogens with zero attached hydrogens (tertiary/aromatic N) is 4. The molecule has 0 aromatic carbocycles. The van der Waals surface area contributed by atoms with E-state index < -0.39 is 5.92 Å². The van der Waals surface area contributed by atoms with Gasteiger partial charge in [0.15, 0.2) is 0 Å². The van der Waals surface area contributed by atoms with Gasteiger partial charge in [0, 0.05) is 37.2 Å². The highest BCUT2D eigenvalue weighted by atomic mass is 32.1. The van der Waals surface area contributed by atoms with Crippen molar-refractivity contribution in [3.8, 4) is 10.6 Å². The van der Waals surface area contributed by atoms with Gasteiger partial charge in [-0.3, -0.25) is 0 Å². The highest BCUT2D eigenvalue weighted by Crippen LogP contribution is 2.31. The molecule has 0 aliphatic carbocycles. The van der Waals surface area contributed by atoms with E-state index in [4.69, 9.17) is 0 Å². The lowest BCUT2D eigenvalue weighted by atomic mass is 10.1. The predicted octanol–water partition coefficient (Wildman–Crippen LogP) is 3.14. The molecule has 2 aromatic rings. The number of piperidine rings is 1. The van der Waals surface area contributed by atoms with Crippen LogP contribution in [0.15, 0.2) is 17.6 Å². The molecule has 106 valence electrons. The van der Waals surface area contributed by atoms with Crippen molar-refractivity contribution in [1.82, 2.24) is 15.2 Å². The second-order valence-corrected chi connectivity index (χ2v) is 5.78. The zero-order valence-electron chi connectivity index (χ0n) is 11.0. The molecule has 1 aliphatic rings. The minimum absolute atomic E-state index is 0.114. The minimum atomic E-state index is -2.54. The summed E-state index contributed by atoms with van der Waals surface area (Å²) in [6, 6.07) is 3.83. The van der Waals surface area contributed by atoms with Crippen molar-refractivity contribution >= 4 is 17.2 Å². The van der Waals surface area contributed by atoms with Crippen molar-refractivity contribution in [2.24, 2.45) is 0 Å². The van der Waals surface area contributed by atoms with Gasteiger partial charge in [0.05, 0.1) is 0 Å². The van der Waals surface area contributed by atoms with Crippen LogP contribution in [0.2, 0.25) is 0 Å². The van der Waals surface area contributed by atoms with Gasteiger partial charge < -0.3 is 4.90 Å². The maximum absolute atomic E-state index is 13.2. The normalized spacial score (nSPS) is 18.2. The van der Waals surface area contributed by atoms with Gasteiger partial charge in [0.1, 0.15) is 16.3 Å². The molecule has 2 aromatic heterocycles. The Kier molecular flexibility index (Phi) is 3.37. The molecule has 0 unspecified atom stereocenters. The number of pyridine rings is 1. The molecule has 4 nitrogen and oxygen atoms in total. The second kappa shape index (κ2) is 5.05. The van der Waals surface area contributed by atoms with E-state index in [1.807, 2.05) is 24.0 Å². The SMILES string of the molecule is Cc1cc(-c2nncs2)cc(N2CCC(F)(F)CC2)n1. The molecule has 20 heavy (non-hydrogen) atoms. The largest absolute Gasteiger partial charge is 0.356 e. The Morgan fingerprint density at radius 3 is 2.65 bits per heavy atom. The molecule has 1 aliphatic heterocycles. The Morgan fingerprint density at radius 2 is 2.00 bits per heavy atom. The topological polar surface area (TPSA) is 41.9 Å². The lowest BCUT2D eigenvalue weighted by Crippen LogP contribution is -2.39. The summed E-state index contributed by atoms with van der Waals surface area (Å²) in [5, 5.41) is 8.68. The summed E-state index contributed by atoms with van der Waals surface area (Å²) in [6.45, 7) is 2.56. The van der Waals surface area contributed by atoms with Crippen molar-refractivity contribution in [2.75, 3.05) is 18.0 Å². The van der Waals surface area contributed by atoms with Crippen molar-refractivity contribution in [1.29, 1.82) is 0 Å². The van der Waals surface area contributed by atoms with E-state index in [0.717, 1.165) is 22.1 Å². The van der Waals surface area contributed by atoms with Crippen molar-refractivity contribution in [2.45, 2.75) is 25.7 Å². The molecule has 1 fully saturated rings. The number of aromatic nitrogens is 3. The van der Waals surface area contributed by atoms with E-state index in [1.54, 1.807) is 5.51 Å². The van der Waals surface area contributed by atoms with Crippen LogP contribution in [0.5, 0.6) is 0 Å². The van der Waals surface area contributed by atoms with Gasteiger partial charge in [-0.15, -0.1) is 10.2 Å². The van der Waals surface area contributed by atoms with Gasteiger partial charge in [-0.25, -0.2) is 13.8 Å². The van der Waals surface area contributed by atoms with Crippen LogP contribution in [0.25, 0.3) is 10.6 Å². The zero-order valence-corrected chi connectivity index (χ0v) is 11.8. The standard InChI is InChI=1S/C13H14F2N4S/c1-9-6-10(12-18-16-8-20-12)7-11(17-9)19-4-2-13(14,15)3-5-19/h6-8H,2-5H2,1H3. The van der Waals surface area contributed by atoms with Gasteiger partial charge in [-0.05, 0) is 19.1 Å². The Hall–Kier alpha value is -1.63. The van der Waals surface area contributed by atoms with E-state index in [0.29, 0.717) is 13.1 Å². The maximum Gasteiger partial charge on any atom is 0.251 e. The lowest BCUT2D eigenvalue weighted by molar-refractivity contribution is -0.0221. The number of rotatable bonds is 2. The quantitative estimate of drug-likeness (QED) is 0.854. The van der Waals surface area contributed by atoms with E-state index in [-0.39, 0.29) is 12.8 Å². The third-order valence-electron chi connectivity index (χ3n) is 3.37. The first-order valence-electron chi connectivity index (χ1n) is 6.41. The van der Waals surface area contributed by atoms with Crippen LogP contribution in [0.3, 0.4) is 0 Å². The van der Waals surface area contributed by atoms with E-state index >= 15 is 0 Å². The Bertz CT molecular complexity index is 590. The summed E-state index contributed by atoms with van der Waals surface area (Å²) in [6.07, 6.45) is -0.229. The van der Waals surface area contributed by atoms with Crippen LogP contribution < -0.4 is 4.90 Å². The molecule has 0 N–H and O–H groups in total. The van der Waals surface area contributed by atoms with Gasteiger partial charge in [-0.1, -0.05) is 11.3 Å².